The lowest BCUT2D eigenvalue weighted by Gasteiger charge is -2.29. The van der Waals surface area contributed by atoms with Crippen molar-refractivity contribution in [3.63, 3.8) is 0 Å². The standard InChI is InChI=1S/C24H20BrN5S/c25-18-8-10-19(11-9-18)29-14-4-7-21(29)23-22(20-6-1-2-13-27-20)28-24(31)30(23)16-17-5-3-12-26-15-17/h1-15,22-23H,16H2,(H,28,31)/t22-,23-/m1/s1. The van der Waals surface area contributed by atoms with Crippen LogP contribution in [0.1, 0.15) is 29.0 Å². The third-order valence-corrected chi connectivity index (χ3v) is 6.34. The third-order valence-electron chi connectivity index (χ3n) is 5.46. The molecule has 3 aromatic heterocycles. The molecule has 1 fully saturated rings. The Hall–Kier alpha value is -3.03. The molecule has 31 heavy (non-hydrogen) atoms. The molecule has 1 saturated heterocycles. The monoisotopic (exact) mass is 489 g/mol. The van der Waals surface area contributed by atoms with Gasteiger partial charge in [0.1, 0.15) is 0 Å². The summed E-state index contributed by atoms with van der Waals surface area (Å²) in [5, 5.41) is 4.24. The Morgan fingerprint density at radius 1 is 0.968 bits per heavy atom. The molecule has 0 radical (unpaired) electrons. The van der Waals surface area contributed by atoms with Crippen LogP contribution in [-0.4, -0.2) is 24.5 Å². The molecule has 4 heterocycles. The van der Waals surface area contributed by atoms with E-state index in [1.54, 1.807) is 6.20 Å². The van der Waals surface area contributed by atoms with Crippen LogP contribution >= 0.6 is 28.1 Å². The van der Waals surface area contributed by atoms with Gasteiger partial charge in [0.2, 0.25) is 0 Å². The number of nitrogens with zero attached hydrogens (tertiary/aromatic N) is 4. The van der Waals surface area contributed by atoms with Crippen LogP contribution in [0.5, 0.6) is 0 Å². The smallest absolute Gasteiger partial charge is 0.170 e. The summed E-state index contributed by atoms with van der Waals surface area (Å²) in [6, 6.07) is 22.5. The van der Waals surface area contributed by atoms with E-state index in [0.717, 1.165) is 27.1 Å². The molecule has 0 bridgehead atoms. The molecule has 0 saturated carbocycles. The zero-order valence-corrected chi connectivity index (χ0v) is 19.0. The average Bonchev–Trinajstić information content (AvgIpc) is 3.40. The van der Waals surface area contributed by atoms with Gasteiger partial charge in [0.15, 0.2) is 5.11 Å². The van der Waals surface area contributed by atoms with E-state index in [2.05, 4.69) is 89.3 Å². The van der Waals surface area contributed by atoms with Crippen molar-refractivity contribution in [2.45, 2.75) is 18.6 Å². The number of pyridine rings is 2. The van der Waals surface area contributed by atoms with E-state index < -0.39 is 0 Å². The summed E-state index contributed by atoms with van der Waals surface area (Å²) in [5.74, 6) is 0. The van der Waals surface area contributed by atoms with Gasteiger partial charge in [-0.1, -0.05) is 28.1 Å². The number of rotatable bonds is 5. The van der Waals surface area contributed by atoms with Gasteiger partial charge >= 0.3 is 0 Å². The van der Waals surface area contributed by atoms with Gasteiger partial charge in [0, 0.05) is 47.2 Å². The lowest BCUT2D eigenvalue weighted by atomic mass is 10.0. The number of hydrogen-bond donors (Lipinski definition) is 1. The van der Waals surface area contributed by atoms with E-state index in [1.165, 1.54) is 0 Å². The molecule has 1 aliphatic rings. The molecule has 0 aliphatic carbocycles. The molecule has 0 spiro atoms. The summed E-state index contributed by atoms with van der Waals surface area (Å²) in [7, 11) is 0. The highest BCUT2D eigenvalue weighted by Gasteiger charge is 2.41. The summed E-state index contributed by atoms with van der Waals surface area (Å²) in [4.78, 5) is 11.1. The van der Waals surface area contributed by atoms with E-state index in [9.17, 15) is 0 Å². The molecular weight excluding hydrogens is 470 g/mol. The second-order valence-corrected chi connectivity index (χ2v) is 8.70. The summed E-state index contributed by atoms with van der Waals surface area (Å²) < 4.78 is 3.28. The maximum Gasteiger partial charge on any atom is 0.170 e. The second-order valence-electron chi connectivity index (χ2n) is 7.40. The van der Waals surface area contributed by atoms with Crippen LogP contribution in [0.3, 0.4) is 0 Å². The molecule has 1 aliphatic heterocycles. The third kappa shape index (κ3) is 3.98. The number of benzene rings is 1. The molecule has 2 atom stereocenters. The predicted molar refractivity (Wildman–Crippen MR) is 129 cm³/mol. The Morgan fingerprint density at radius 3 is 2.58 bits per heavy atom. The molecule has 5 nitrogen and oxygen atoms in total. The summed E-state index contributed by atoms with van der Waals surface area (Å²) in [6.07, 6.45) is 7.60. The number of thiocarbonyl (C=S) groups is 1. The largest absolute Gasteiger partial charge is 0.352 e. The second kappa shape index (κ2) is 8.61. The topological polar surface area (TPSA) is 46.0 Å². The van der Waals surface area contributed by atoms with Crippen LogP contribution in [-0.2, 0) is 6.54 Å². The highest BCUT2D eigenvalue weighted by Crippen LogP contribution is 2.40. The number of aromatic nitrogens is 3. The van der Waals surface area contributed by atoms with Gasteiger partial charge in [0.25, 0.3) is 0 Å². The number of nitrogens with one attached hydrogen (secondary N) is 1. The Kier molecular flexibility index (Phi) is 5.53. The van der Waals surface area contributed by atoms with Crippen molar-refractivity contribution in [3.8, 4) is 5.69 Å². The minimum absolute atomic E-state index is 0.0266. The van der Waals surface area contributed by atoms with Crippen molar-refractivity contribution in [3.05, 3.63) is 113 Å². The Balaban J connectivity index is 1.60. The number of hydrogen-bond acceptors (Lipinski definition) is 3. The van der Waals surface area contributed by atoms with Gasteiger partial charge in [-0.25, -0.2) is 0 Å². The quantitative estimate of drug-likeness (QED) is 0.390. The van der Waals surface area contributed by atoms with E-state index in [-0.39, 0.29) is 12.1 Å². The van der Waals surface area contributed by atoms with Gasteiger partial charge in [-0.15, -0.1) is 0 Å². The fraction of sp³-hybridized carbons (Fsp3) is 0.125. The predicted octanol–water partition coefficient (Wildman–Crippen LogP) is 5.20. The van der Waals surface area contributed by atoms with Crippen molar-refractivity contribution in [1.29, 1.82) is 0 Å². The van der Waals surface area contributed by atoms with E-state index >= 15 is 0 Å². The highest BCUT2D eigenvalue weighted by atomic mass is 79.9. The minimum atomic E-state index is -0.0607. The van der Waals surface area contributed by atoms with Gasteiger partial charge in [-0.3, -0.25) is 9.97 Å². The van der Waals surface area contributed by atoms with Crippen LogP contribution < -0.4 is 5.32 Å². The van der Waals surface area contributed by atoms with Gasteiger partial charge < -0.3 is 14.8 Å². The summed E-state index contributed by atoms with van der Waals surface area (Å²) in [6.45, 7) is 0.666. The van der Waals surface area contributed by atoms with Gasteiger partial charge in [-0.05, 0) is 72.4 Å². The lowest BCUT2D eigenvalue weighted by Crippen LogP contribution is -2.30. The molecular formula is C24H20BrN5S. The zero-order chi connectivity index (χ0) is 21.2. The fourth-order valence-corrected chi connectivity index (χ4v) is 4.63. The minimum Gasteiger partial charge on any atom is -0.352 e. The molecule has 1 aromatic carbocycles. The average molecular weight is 490 g/mol. The normalized spacial score (nSPS) is 18.2. The van der Waals surface area contributed by atoms with Crippen LogP contribution in [0, 0.1) is 0 Å². The first-order chi connectivity index (χ1) is 15.2. The first-order valence-corrected chi connectivity index (χ1v) is 11.2. The van der Waals surface area contributed by atoms with Crippen molar-refractivity contribution in [2.24, 2.45) is 0 Å². The first kappa shape index (κ1) is 19.9. The molecule has 0 amide bonds. The number of halogens is 1. The van der Waals surface area contributed by atoms with E-state index in [1.807, 2.05) is 36.7 Å². The molecule has 0 unspecified atom stereocenters. The maximum atomic E-state index is 5.80. The zero-order valence-electron chi connectivity index (χ0n) is 16.6. The molecule has 154 valence electrons. The van der Waals surface area contributed by atoms with Crippen LogP contribution in [0.2, 0.25) is 0 Å². The Bertz CT molecular complexity index is 1180. The molecule has 4 aromatic rings. The Labute approximate surface area is 194 Å². The summed E-state index contributed by atoms with van der Waals surface area (Å²) >= 11 is 9.33. The maximum absolute atomic E-state index is 5.80. The van der Waals surface area contributed by atoms with Crippen LogP contribution in [0.25, 0.3) is 5.69 Å². The molecule has 5 rings (SSSR count). The Morgan fingerprint density at radius 2 is 1.84 bits per heavy atom. The van der Waals surface area contributed by atoms with E-state index in [0.29, 0.717) is 11.7 Å². The van der Waals surface area contributed by atoms with Crippen molar-refractivity contribution in [2.75, 3.05) is 0 Å². The lowest BCUT2D eigenvalue weighted by molar-refractivity contribution is 0.302. The van der Waals surface area contributed by atoms with Crippen molar-refractivity contribution < 1.29 is 0 Å². The molecule has 7 heteroatoms. The van der Waals surface area contributed by atoms with Gasteiger partial charge in [0.05, 0.1) is 17.8 Å². The van der Waals surface area contributed by atoms with Crippen LogP contribution in [0.4, 0.5) is 0 Å². The SMILES string of the molecule is S=C1N[C@H](c2ccccn2)[C@@H](c2cccn2-c2ccc(Br)cc2)N1Cc1cccnc1. The van der Waals surface area contributed by atoms with Crippen molar-refractivity contribution in [1.82, 2.24) is 24.8 Å². The molecule has 1 N–H and O–H groups in total. The van der Waals surface area contributed by atoms with Crippen molar-refractivity contribution >= 4 is 33.3 Å². The fourth-order valence-electron chi connectivity index (χ4n) is 4.06. The summed E-state index contributed by atoms with van der Waals surface area (Å²) in [5.41, 5.74) is 4.32. The first-order valence-electron chi connectivity index (χ1n) is 10.0. The van der Waals surface area contributed by atoms with Gasteiger partial charge in [-0.2, -0.15) is 0 Å². The highest BCUT2D eigenvalue weighted by molar-refractivity contribution is 9.10. The van der Waals surface area contributed by atoms with Crippen LogP contribution in [0.15, 0.2) is 96.0 Å². The van der Waals surface area contributed by atoms with E-state index in [4.69, 9.17) is 12.2 Å².